The van der Waals surface area contributed by atoms with E-state index in [0.717, 1.165) is 49.5 Å². The first-order valence-electron chi connectivity index (χ1n) is 11.5. The number of fused-ring (bicyclic) bond motifs is 1. The Kier molecular flexibility index (Phi) is 7.50. The number of nitrogens with zero attached hydrogens (tertiary/aromatic N) is 4. The van der Waals surface area contributed by atoms with Crippen molar-refractivity contribution >= 4 is 17.1 Å². The molecule has 2 aromatic heterocycles. The molecule has 1 amide bonds. The van der Waals surface area contributed by atoms with Gasteiger partial charge in [-0.1, -0.05) is 46.5 Å². The first-order valence-corrected chi connectivity index (χ1v) is 11.5. The lowest BCUT2D eigenvalue weighted by Crippen LogP contribution is -2.47. The Morgan fingerprint density at radius 3 is 2.50 bits per heavy atom. The van der Waals surface area contributed by atoms with E-state index in [1.807, 2.05) is 4.57 Å². The molecule has 0 aliphatic heterocycles. The molecule has 1 saturated carbocycles. The number of aromatic nitrogens is 4. The summed E-state index contributed by atoms with van der Waals surface area (Å²) in [5.41, 5.74) is -0.0400. The summed E-state index contributed by atoms with van der Waals surface area (Å²) in [6, 6.07) is 0.114. The number of aryl methyl sites for hydroxylation is 2. The highest BCUT2D eigenvalue weighted by Gasteiger charge is 2.24. The standard InChI is InChI=1S/C22H35N5O3/c1-4-6-12-25-15-23-20-19(25)21(29)27(22(30)26(20)13-7-5-2)14-18(28)24-17-11-9-8-10-16(17)3/h15-17H,4-14H2,1-3H3,(H,24,28)/t16-,17+/m0/s1. The van der Waals surface area contributed by atoms with Gasteiger partial charge in [-0.15, -0.1) is 0 Å². The van der Waals surface area contributed by atoms with Gasteiger partial charge >= 0.3 is 5.69 Å². The highest BCUT2D eigenvalue weighted by molar-refractivity contribution is 5.77. The van der Waals surface area contributed by atoms with Crippen LogP contribution in [0, 0.1) is 5.92 Å². The van der Waals surface area contributed by atoms with Crippen LogP contribution in [-0.4, -0.2) is 30.6 Å². The predicted molar refractivity (Wildman–Crippen MR) is 118 cm³/mol. The molecule has 0 spiro atoms. The summed E-state index contributed by atoms with van der Waals surface area (Å²) in [6.45, 7) is 7.19. The highest BCUT2D eigenvalue weighted by atomic mass is 16.2. The summed E-state index contributed by atoms with van der Waals surface area (Å²) < 4.78 is 4.46. The molecule has 2 heterocycles. The molecule has 8 heteroatoms. The van der Waals surface area contributed by atoms with Crippen molar-refractivity contribution in [1.29, 1.82) is 0 Å². The third-order valence-electron chi connectivity index (χ3n) is 6.23. The van der Waals surface area contributed by atoms with Crippen LogP contribution < -0.4 is 16.6 Å². The quantitative estimate of drug-likeness (QED) is 0.679. The smallest absolute Gasteiger partial charge is 0.333 e. The van der Waals surface area contributed by atoms with Crippen LogP contribution in [0.4, 0.5) is 0 Å². The molecular formula is C22H35N5O3. The second-order valence-corrected chi connectivity index (χ2v) is 8.58. The fourth-order valence-electron chi connectivity index (χ4n) is 4.32. The molecule has 0 radical (unpaired) electrons. The van der Waals surface area contributed by atoms with Crippen LogP contribution in [0.15, 0.2) is 15.9 Å². The topological polar surface area (TPSA) is 90.9 Å². The fourth-order valence-corrected chi connectivity index (χ4v) is 4.32. The number of rotatable bonds is 9. The molecule has 166 valence electrons. The fraction of sp³-hybridized carbons (Fsp3) is 0.727. The maximum absolute atomic E-state index is 13.2. The van der Waals surface area contributed by atoms with Crippen LogP contribution in [-0.2, 0) is 24.4 Å². The van der Waals surface area contributed by atoms with Crippen LogP contribution in [0.3, 0.4) is 0 Å². The van der Waals surface area contributed by atoms with Crippen molar-refractivity contribution in [3.63, 3.8) is 0 Å². The van der Waals surface area contributed by atoms with Crippen molar-refractivity contribution in [3.8, 4) is 0 Å². The van der Waals surface area contributed by atoms with Gasteiger partial charge < -0.3 is 9.88 Å². The lowest BCUT2D eigenvalue weighted by molar-refractivity contribution is -0.123. The second-order valence-electron chi connectivity index (χ2n) is 8.58. The van der Waals surface area contributed by atoms with E-state index < -0.39 is 11.2 Å². The number of carbonyl (C=O) groups is 1. The molecule has 2 aromatic rings. The summed E-state index contributed by atoms with van der Waals surface area (Å²) in [7, 11) is 0. The average Bonchev–Trinajstić information content (AvgIpc) is 3.15. The zero-order valence-electron chi connectivity index (χ0n) is 18.5. The number of nitrogens with one attached hydrogen (secondary N) is 1. The molecule has 0 bridgehead atoms. The minimum absolute atomic E-state index is 0.114. The van der Waals surface area contributed by atoms with Crippen molar-refractivity contribution in [3.05, 3.63) is 27.2 Å². The molecule has 0 saturated heterocycles. The van der Waals surface area contributed by atoms with Crippen LogP contribution in [0.25, 0.3) is 11.2 Å². The molecule has 0 aromatic carbocycles. The number of unbranched alkanes of at least 4 members (excludes halogenated alkanes) is 2. The van der Waals surface area contributed by atoms with Crippen LogP contribution in [0.5, 0.6) is 0 Å². The minimum atomic E-state index is -0.450. The van der Waals surface area contributed by atoms with Gasteiger partial charge in [-0.05, 0) is 31.6 Å². The number of imidazole rings is 1. The Balaban J connectivity index is 1.96. The Hall–Kier alpha value is -2.38. The predicted octanol–water partition coefficient (Wildman–Crippen LogP) is 2.65. The Labute approximate surface area is 177 Å². The maximum atomic E-state index is 13.2. The maximum Gasteiger partial charge on any atom is 0.333 e. The Morgan fingerprint density at radius 1 is 1.10 bits per heavy atom. The summed E-state index contributed by atoms with van der Waals surface area (Å²) in [5, 5.41) is 3.06. The molecule has 3 rings (SSSR count). The van der Waals surface area contributed by atoms with E-state index >= 15 is 0 Å². The van der Waals surface area contributed by atoms with Crippen LogP contribution in [0.2, 0.25) is 0 Å². The van der Waals surface area contributed by atoms with Gasteiger partial charge in [0, 0.05) is 19.1 Å². The molecule has 1 fully saturated rings. The third kappa shape index (κ3) is 4.68. The molecular weight excluding hydrogens is 382 g/mol. The average molecular weight is 418 g/mol. The van der Waals surface area contributed by atoms with Gasteiger partial charge in [-0.25, -0.2) is 14.3 Å². The van der Waals surface area contributed by atoms with Gasteiger partial charge in [0.25, 0.3) is 5.56 Å². The van der Waals surface area contributed by atoms with Gasteiger partial charge in [0.1, 0.15) is 6.54 Å². The SMILES string of the molecule is CCCCn1cnc2c1c(=O)n(CC(=O)N[C@@H]1CCCC[C@@H]1C)c(=O)n2CCCC. The minimum Gasteiger partial charge on any atom is -0.352 e. The van der Waals surface area contributed by atoms with Gasteiger partial charge in [0.15, 0.2) is 11.2 Å². The van der Waals surface area contributed by atoms with Gasteiger partial charge in [-0.2, -0.15) is 0 Å². The van der Waals surface area contributed by atoms with Gasteiger partial charge in [-0.3, -0.25) is 14.2 Å². The lowest BCUT2D eigenvalue weighted by atomic mass is 9.86. The van der Waals surface area contributed by atoms with Crippen molar-refractivity contribution in [2.24, 2.45) is 5.92 Å². The molecule has 1 aliphatic rings. The first kappa shape index (κ1) is 22.3. The van der Waals surface area contributed by atoms with Crippen molar-refractivity contribution in [2.45, 2.75) is 97.8 Å². The summed E-state index contributed by atoms with van der Waals surface area (Å²) in [6.07, 6.45) is 9.60. The van der Waals surface area contributed by atoms with E-state index in [4.69, 9.17) is 0 Å². The Bertz CT molecular complexity index is 987. The molecule has 2 atom stereocenters. The monoisotopic (exact) mass is 417 g/mol. The number of amides is 1. The summed E-state index contributed by atoms with van der Waals surface area (Å²) in [5.74, 6) is 0.146. The molecule has 30 heavy (non-hydrogen) atoms. The zero-order valence-corrected chi connectivity index (χ0v) is 18.5. The van der Waals surface area contributed by atoms with Gasteiger partial charge in [0.05, 0.1) is 6.33 Å². The number of hydrogen-bond acceptors (Lipinski definition) is 4. The van der Waals surface area contributed by atoms with Gasteiger partial charge in [0.2, 0.25) is 5.91 Å². The van der Waals surface area contributed by atoms with E-state index in [2.05, 4.69) is 31.1 Å². The van der Waals surface area contributed by atoms with E-state index in [1.165, 1.54) is 6.42 Å². The number of carbonyl (C=O) groups excluding carboxylic acids is 1. The molecule has 1 N–H and O–H groups in total. The first-order chi connectivity index (χ1) is 14.5. The molecule has 8 nitrogen and oxygen atoms in total. The van der Waals surface area contributed by atoms with E-state index in [0.29, 0.717) is 30.2 Å². The van der Waals surface area contributed by atoms with Crippen molar-refractivity contribution in [1.82, 2.24) is 24.0 Å². The Morgan fingerprint density at radius 2 is 1.80 bits per heavy atom. The second kappa shape index (κ2) is 10.1. The molecule has 0 unspecified atom stereocenters. The van der Waals surface area contributed by atoms with Crippen molar-refractivity contribution in [2.75, 3.05) is 0 Å². The number of hydrogen-bond donors (Lipinski definition) is 1. The highest BCUT2D eigenvalue weighted by Crippen LogP contribution is 2.23. The van der Waals surface area contributed by atoms with E-state index in [1.54, 1.807) is 10.9 Å². The summed E-state index contributed by atoms with van der Waals surface area (Å²) >= 11 is 0. The van der Waals surface area contributed by atoms with E-state index in [-0.39, 0.29) is 18.5 Å². The summed E-state index contributed by atoms with van der Waals surface area (Å²) in [4.78, 5) is 43.5. The van der Waals surface area contributed by atoms with E-state index in [9.17, 15) is 14.4 Å². The third-order valence-corrected chi connectivity index (χ3v) is 6.23. The van der Waals surface area contributed by atoms with Crippen LogP contribution in [0.1, 0.15) is 72.1 Å². The molecule has 1 aliphatic carbocycles. The van der Waals surface area contributed by atoms with Crippen molar-refractivity contribution < 1.29 is 4.79 Å². The van der Waals surface area contributed by atoms with Crippen LogP contribution >= 0.6 is 0 Å². The lowest BCUT2D eigenvalue weighted by Gasteiger charge is -2.29. The normalized spacial score (nSPS) is 19.3. The zero-order chi connectivity index (χ0) is 21.7. The largest absolute Gasteiger partial charge is 0.352 e.